The number of fused-ring (bicyclic) bond motifs is 1. The molecule has 108 valence electrons. The van der Waals surface area contributed by atoms with Gasteiger partial charge in [0, 0.05) is 16.5 Å². The molecule has 0 spiro atoms. The van der Waals surface area contributed by atoms with Crippen molar-refractivity contribution < 1.29 is 0 Å². The lowest BCUT2D eigenvalue weighted by Gasteiger charge is -2.16. The molecule has 21 heavy (non-hydrogen) atoms. The summed E-state index contributed by atoms with van der Waals surface area (Å²) in [7, 11) is 0. The Morgan fingerprint density at radius 3 is 2.86 bits per heavy atom. The molecular formula is C16H17N3OS. The standard InChI is InChI=1S/C16H17N3OS/c1-3-12-9-18-15(21-12)10(2)19-14(17)8-11-6-4-5-7-13(11)16(19)20/h4-10H,3,17H2,1-2H3. The van der Waals surface area contributed by atoms with E-state index in [0.717, 1.165) is 16.8 Å². The third kappa shape index (κ3) is 2.34. The van der Waals surface area contributed by atoms with Crippen molar-refractivity contribution in [2.24, 2.45) is 0 Å². The summed E-state index contributed by atoms with van der Waals surface area (Å²) in [4.78, 5) is 18.3. The maximum absolute atomic E-state index is 12.7. The highest BCUT2D eigenvalue weighted by Crippen LogP contribution is 2.25. The van der Waals surface area contributed by atoms with E-state index in [4.69, 9.17) is 5.73 Å². The van der Waals surface area contributed by atoms with E-state index in [0.29, 0.717) is 11.2 Å². The summed E-state index contributed by atoms with van der Waals surface area (Å²) in [6, 6.07) is 9.20. The lowest BCUT2D eigenvalue weighted by molar-refractivity contribution is 0.625. The number of hydrogen-bond acceptors (Lipinski definition) is 4. The van der Waals surface area contributed by atoms with Crippen LogP contribution in [0.2, 0.25) is 0 Å². The summed E-state index contributed by atoms with van der Waals surface area (Å²) < 4.78 is 1.63. The first-order valence-electron chi connectivity index (χ1n) is 6.96. The quantitative estimate of drug-likeness (QED) is 0.808. The maximum Gasteiger partial charge on any atom is 0.260 e. The van der Waals surface area contributed by atoms with Crippen LogP contribution < -0.4 is 11.3 Å². The molecule has 0 bridgehead atoms. The Morgan fingerprint density at radius 2 is 2.14 bits per heavy atom. The molecule has 0 aliphatic carbocycles. The summed E-state index contributed by atoms with van der Waals surface area (Å²) in [5, 5.41) is 2.47. The smallest absolute Gasteiger partial charge is 0.260 e. The van der Waals surface area contributed by atoms with Gasteiger partial charge in [0.2, 0.25) is 0 Å². The SMILES string of the molecule is CCc1cnc(C(C)n2c(N)cc3ccccc3c2=O)s1. The average molecular weight is 299 g/mol. The van der Waals surface area contributed by atoms with Crippen LogP contribution in [0.5, 0.6) is 0 Å². The highest BCUT2D eigenvalue weighted by atomic mass is 32.1. The van der Waals surface area contributed by atoms with E-state index in [1.807, 2.05) is 43.5 Å². The Kier molecular flexibility index (Phi) is 3.51. The molecule has 0 aliphatic heterocycles. The van der Waals surface area contributed by atoms with Crippen LogP contribution in [0.4, 0.5) is 5.82 Å². The fraction of sp³-hybridized carbons (Fsp3) is 0.250. The second-order valence-corrected chi connectivity index (χ2v) is 6.17. The number of thiazole rings is 1. The number of pyridine rings is 1. The van der Waals surface area contributed by atoms with E-state index >= 15 is 0 Å². The monoisotopic (exact) mass is 299 g/mol. The molecule has 3 aromatic rings. The predicted octanol–water partition coefficient (Wildman–Crippen LogP) is 3.21. The van der Waals surface area contributed by atoms with E-state index in [9.17, 15) is 4.79 Å². The molecule has 1 aromatic carbocycles. The van der Waals surface area contributed by atoms with Crippen LogP contribution in [0.25, 0.3) is 10.8 Å². The number of nitrogen functional groups attached to an aromatic ring is 1. The summed E-state index contributed by atoms with van der Waals surface area (Å²) in [5.74, 6) is 0.472. The van der Waals surface area contributed by atoms with Gasteiger partial charge in [0.15, 0.2) is 0 Å². The lowest BCUT2D eigenvalue weighted by Crippen LogP contribution is -2.26. The van der Waals surface area contributed by atoms with E-state index in [1.165, 1.54) is 4.88 Å². The molecular weight excluding hydrogens is 282 g/mol. The van der Waals surface area contributed by atoms with Crippen molar-refractivity contribution in [3.8, 4) is 0 Å². The number of nitrogens with zero attached hydrogens (tertiary/aromatic N) is 2. The number of aryl methyl sites for hydroxylation is 1. The fourth-order valence-electron chi connectivity index (χ4n) is 2.48. The first-order chi connectivity index (χ1) is 10.1. The maximum atomic E-state index is 12.7. The van der Waals surface area contributed by atoms with Gasteiger partial charge in [-0.1, -0.05) is 25.1 Å². The summed E-state index contributed by atoms with van der Waals surface area (Å²) in [6.07, 6.45) is 2.82. The van der Waals surface area contributed by atoms with Crippen LogP contribution in [-0.2, 0) is 6.42 Å². The summed E-state index contributed by atoms with van der Waals surface area (Å²) in [5.41, 5.74) is 6.04. The zero-order chi connectivity index (χ0) is 15.0. The minimum Gasteiger partial charge on any atom is -0.385 e. The number of benzene rings is 1. The molecule has 0 fully saturated rings. The average Bonchev–Trinajstić information content (AvgIpc) is 2.96. The first kappa shape index (κ1) is 13.8. The van der Waals surface area contributed by atoms with Gasteiger partial charge in [0.1, 0.15) is 10.8 Å². The summed E-state index contributed by atoms with van der Waals surface area (Å²) in [6.45, 7) is 4.06. The van der Waals surface area contributed by atoms with Crippen LogP contribution >= 0.6 is 11.3 Å². The van der Waals surface area contributed by atoms with Crippen LogP contribution in [0.3, 0.4) is 0 Å². The molecule has 2 heterocycles. The van der Waals surface area contributed by atoms with Crippen molar-refractivity contribution in [3.05, 3.63) is 56.8 Å². The number of rotatable bonds is 3. The molecule has 2 N–H and O–H groups in total. The molecule has 1 atom stereocenters. The van der Waals surface area contributed by atoms with Crippen LogP contribution in [-0.4, -0.2) is 9.55 Å². The third-order valence-electron chi connectivity index (χ3n) is 3.66. The Balaban J connectivity index is 2.17. The normalized spacial score (nSPS) is 12.7. The molecule has 0 aliphatic rings. The van der Waals surface area contributed by atoms with Gasteiger partial charge < -0.3 is 5.73 Å². The third-order valence-corrected chi connectivity index (χ3v) is 4.97. The Bertz CT molecular complexity index is 850. The summed E-state index contributed by atoms with van der Waals surface area (Å²) >= 11 is 1.63. The van der Waals surface area contributed by atoms with Gasteiger partial charge in [0.05, 0.1) is 6.04 Å². The van der Waals surface area contributed by atoms with Gasteiger partial charge in [-0.2, -0.15) is 0 Å². The fourth-order valence-corrected chi connectivity index (χ4v) is 3.38. The van der Waals surface area contributed by atoms with Gasteiger partial charge in [-0.15, -0.1) is 11.3 Å². The van der Waals surface area contributed by atoms with Gasteiger partial charge in [0.25, 0.3) is 5.56 Å². The second-order valence-electron chi connectivity index (χ2n) is 5.03. The van der Waals surface area contributed by atoms with Crippen LogP contribution in [0.1, 0.15) is 29.8 Å². The number of anilines is 1. The highest BCUT2D eigenvalue weighted by molar-refractivity contribution is 7.11. The van der Waals surface area contributed by atoms with Gasteiger partial charge >= 0.3 is 0 Å². The lowest BCUT2D eigenvalue weighted by atomic mass is 10.1. The Labute approximate surface area is 126 Å². The zero-order valence-corrected chi connectivity index (χ0v) is 12.9. The molecule has 0 radical (unpaired) electrons. The second kappa shape index (κ2) is 5.33. The molecule has 1 unspecified atom stereocenters. The van der Waals surface area contributed by atoms with Crippen LogP contribution in [0.15, 0.2) is 41.3 Å². The highest BCUT2D eigenvalue weighted by Gasteiger charge is 2.17. The molecule has 5 heteroatoms. The Morgan fingerprint density at radius 1 is 1.38 bits per heavy atom. The van der Waals surface area contributed by atoms with E-state index in [1.54, 1.807) is 15.9 Å². The molecule has 0 saturated heterocycles. The molecule has 4 nitrogen and oxygen atoms in total. The number of aromatic nitrogens is 2. The predicted molar refractivity (Wildman–Crippen MR) is 87.9 cm³/mol. The molecule has 0 amide bonds. The topological polar surface area (TPSA) is 60.9 Å². The van der Waals surface area contributed by atoms with Gasteiger partial charge in [-0.3, -0.25) is 9.36 Å². The van der Waals surface area contributed by atoms with E-state index in [-0.39, 0.29) is 11.6 Å². The van der Waals surface area contributed by atoms with Crippen molar-refractivity contribution in [3.63, 3.8) is 0 Å². The minimum absolute atomic E-state index is 0.0636. The minimum atomic E-state index is -0.160. The molecule has 3 rings (SSSR count). The molecule has 2 aromatic heterocycles. The van der Waals surface area contributed by atoms with Gasteiger partial charge in [-0.25, -0.2) is 4.98 Å². The van der Waals surface area contributed by atoms with Gasteiger partial charge in [-0.05, 0) is 30.9 Å². The zero-order valence-electron chi connectivity index (χ0n) is 12.0. The van der Waals surface area contributed by atoms with Crippen molar-refractivity contribution in [1.82, 2.24) is 9.55 Å². The van der Waals surface area contributed by atoms with Crippen molar-refractivity contribution in [2.45, 2.75) is 26.3 Å². The molecule has 0 saturated carbocycles. The van der Waals surface area contributed by atoms with E-state index < -0.39 is 0 Å². The number of nitrogens with two attached hydrogens (primary N) is 1. The van der Waals surface area contributed by atoms with Crippen molar-refractivity contribution in [1.29, 1.82) is 0 Å². The first-order valence-corrected chi connectivity index (χ1v) is 7.77. The van der Waals surface area contributed by atoms with Crippen molar-refractivity contribution >= 4 is 27.9 Å². The number of hydrogen-bond donors (Lipinski definition) is 1. The largest absolute Gasteiger partial charge is 0.385 e. The van der Waals surface area contributed by atoms with E-state index in [2.05, 4.69) is 11.9 Å². The van der Waals surface area contributed by atoms with Crippen LogP contribution in [0, 0.1) is 0 Å². The Hall–Kier alpha value is -2.14. The van der Waals surface area contributed by atoms with Crippen molar-refractivity contribution in [2.75, 3.05) is 5.73 Å².